The average molecular weight is 450 g/mol. The summed E-state index contributed by atoms with van der Waals surface area (Å²) in [6, 6.07) is 40.7. The van der Waals surface area contributed by atoms with Gasteiger partial charge in [0.2, 0.25) is 0 Å². The molecule has 0 unspecified atom stereocenters. The number of nitrogens with zero attached hydrogens (tertiary/aromatic N) is 3. The maximum absolute atomic E-state index is 6.33. The Kier molecular flexibility index (Phi) is 3.63. The molecule has 0 saturated heterocycles. The van der Waals surface area contributed by atoms with Crippen LogP contribution in [0, 0.1) is 0 Å². The highest BCUT2D eigenvalue weighted by Crippen LogP contribution is 2.41. The summed E-state index contributed by atoms with van der Waals surface area (Å²) in [4.78, 5) is 4.90. The molecule has 0 radical (unpaired) electrons. The smallest absolute Gasteiger partial charge is 0.307 e. The van der Waals surface area contributed by atoms with Gasteiger partial charge in [0.25, 0.3) is 0 Å². The lowest BCUT2D eigenvalue weighted by Gasteiger charge is -2.08. The van der Waals surface area contributed by atoms with Crippen LogP contribution in [0.5, 0.6) is 0 Å². The minimum Gasteiger partial charge on any atom is -0.423 e. The first kappa shape index (κ1) is 18.6. The second-order valence-corrected chi connectivity index (χ2v) is 8.86. The van der Waals surface area contributed by atoms with Gasteiger partial charge < -0.3 is 8.98 Å². The van der Waals surface area contributed by atoms with Crippen LogP contribution in [0.3, 0.4) is 0 Å². The maximum atomic E-state index is 6.33. The third-order valence-electron chi connectivity index (χ3n) is 6.96. The van der Waals surface area contributed by atoms with Gasteiger partial charge in [-0.2, -0.15) is 4.98 Å². The molecule has 0 spiro atoms. The highest BCUT2D eigenvalue weighted by molar-refractivity contribution is 6.26. The first-order chi connectivity index (χ1) is 17.4. The summed E-state index contributed by atoms with van der Waals surface area (Å²) in [6.45, 7) is 0. The number of benzene rings is 5. The third kappa shape index (κ3) is 2.48. The van der Waals surface area contributed by atoms with Crippen LogP contribution in [-0.2, 0) is 0 Å². The standard InChI is InChI=1S/C31H19N3O/c1-2-10-20(11-3-1)33-26-16-8-5-13-23(26)29-27(33)19-18-22-21-12-4-7-15-25(21)34(30(22)29)31-32-24-14-6-9-17-28(24)35-31/h1-19H. The van der Waals surface area contributed by atoms with E-state index in [-0.39, 0.29) is 0 Å². The minimum atomic E-state index is 0.585. The summed E-state index contributed by atoms with van der Waals surface area (Å²) >= 11 is 0. The van der Waals surface area contributed by atoms with E-state index in [1.165, 1.54) is 27.1 Å². The quantitative estimate of drug-likeness (QED) is 0.268. The third-order valence-corrected chi connectivity index (χ3v) is 6.96. The predicted octanol–water partition coefficient (Wildman–Crippen LogP) is 8.02. The van der Waals surface area contributed by atoms with E-state index in [1.807, 2.05) is 24.3 Å². The van der Waals surface area contributed by atoms with Crippen LogP contribution < -0.4 is 0 Å². The highest BCUT2D eigenvalue weighted by Gasteiger charge is 2.22. The molecule has 0 fully saturated rings. The molecular formula is C31H19N3O. The molecule has 0 amide bonds. The van der Waals surface area contributed by atoms with Gasteiger partial charge in [-0.15, -0.1) is 0 Å². The van der Waals surface area contributed by atoms with Crippen molar-refractivity contribution in [2.45, 2.75) is 0 Å². The van der Waals surface area contributed by atoms with Gasteiger partial charge >= 0.3 is 6.01 Å². The van der Waals surface area contributed by atoms with E-state index in [4.69, 9.17) is 9.40 Å². The number of fused-ring (bicyclic) bond motifs is 8. The van der Waals surface area contributed by atoms with Crippen molar-refractivity contribution >= 4 is 54.7 Å². The Morgan fingerprint density at radius 1 is 0.514 bits per heavy atom. The number of aromatic nitrogens is 3. The molecule has 0 aliphatic heterocycles. The lowest BCUT2D eigenvalue weighted by atomic mass is 10.1. The van der Waals surface area contributed by atoms with Crippen molar-refractivity contribution in [3.8, 4) is 11.7 Å². The van der Waals surface area contributed by atoms with Crippen molar-refractivity contribution in [1.29, 1.82) is 0 Å². The van der Waals surface area contributed by atoms with Gasteiger partial charge in [0.1, 0.15) is 5.52 Å². The molecule has 35 heavy (non-hydrogen) atoms. The summed E-state index contributed by atoms with van der Waals surface area (Å²) < 4.78 is 10.9. The summed E-state index contributed by atoms with van der Waals surface area (Å²) in [5.74, 6) is 0. The molecule has 5 aromatic carbocycles. The number of para-hydroxylation sites is 5. The molecule has 3 aromatic heterocycles. The molecule has 8 aromatic rings. The van der Waals surface area contributed by atoms with E-state index in [1.54, 1.807) is 0 Å². The summed E-state index contributed by atoms with van der Waals surface area (Å²) in [6.07, 6.45) is 0. The molecule has 0 aliphatic carbocycles. The Morgan fingerprint density at radius 3 is 2.03 bits per heavy atom. The van der Waals surface area contributed by atoms with E-state index in [2.05, 4.69) is 100 Å². The summed E-state index contributed by atoms with van der Waals surface area (Å²) in [5.41, 5.74) is 7.31. The van der Waals surface area contributed by atoms with Gasteiger partial charge in [0, 0.05) is 27.2 Å². The highest BCUT2D eigenvalue weighted by atomic mass is 16.4. The topological polar surface area (TPSA) is 35.9 Å². The van der Waals surface area contributed by atoms with Gasteiger partial charge in [0.05, 0.1) is 22.1 Å². The van der Waals surface area contributed by atoms with Gasteiger partial charge in [-0.1, -0.05) is 72.8 Å². The first-order valence-corrected chi connectivity index (χ1v) is 11.8. The Bertz CT molecular complexity index is 2030. The second kappa shape index (κ2) is 6.84. The number of oxazole rings is 1. The molecule has 164 valence electrons. The van der Waals surface area contributed by atoms with Crippen LogP contribution in [0.2, 0.25) is 0 Å². The zero-order valence-corrected chi connectivity index (χ0v) is 18.7. The van der Waals surface area contributed by atoms with Crippen LogP contribution in [0.25, 0.3) is 66.4 Å². The van der Waals surface area contributed by atoms with E-state index < -0.39 is 0 Å². The Hall–Kier alpha value is -4.83. The van der Waals surface area contributed by atoms with Crippen molar-refractivity contribution in [3.63, 3.8) is 0 Å². The number of hydrogen-bond acceptors (Lipinski definition) is 2. The molecule has 4 nitrogen and oxygen atoms in total. The van der Waals surface area contributed by atoms with Crippen molar-refractivity contribution < 1.29 is 4.42 Å². The molecule has 0 aliphatic rings. The van der Waals surface area contributed by atoms with Gasteiger partial charge in [-0.05, 0) is 42.5 Å². The fourth-order valence-electron chi connectivity index (χ4n) is 5.52. The zero-order valence-electron chi connectivity index (χ0n) is 18.7. The van der Waals surface area contributed by atoms with Crippen LogP contribution in [0.15, 0.2) is 120 Å². The molecule has 0 saturated carbocycles. The van der Waals surface area contributed by atoms with Gasteiger partial charge in [-0.25, -0.2) is 0 Å². The van der Waals surface area contributed by atoms with Crippen molar-refractivity contribution in [3.05, 3.63) is 115 Å². The van der Waals surface area contributed by atoms with E-state index >= 15 is 0 Å². The van der Waals surface area contributed by atoms with Gasteiger partial charge in [-0.3, -0.25) is 4.57 Å². The molecule has 0 N–H and O–H groups in total. The second-order valence-electron chi connectivity index (χ2n) is 8.86. The molecule has 3 heterocycles. The minimum absolute atomic E-state index is 0.585. The van der Waals surface area contributed by atoms with Crippen molar-refractivity contribution in [2.75, 3.05) is 0 Å². The molecule has 4 heteroatoms. The Labute approximate surface area is 200 Å². The fourth-order valence-corrected chi connectivity index (χ4v) is 5.52. The van der Waals surface area contributed by atoms with Crippen LogP contribution in [0.4, 0.5) is 0 Å². The molecular weight excluding hydrogens is 430 g/mol. The normalized spacial score (nSPS) is 12.0. The average Bonchev–Trinajstić information content (AvgIpc) is 3.58. The number of rotatable bonds is 2. The van der Waals surface area contributed by atoms with Crippen LogP contribution in [-0.4, -0.2) is 14.1 Å². The van der Waals surface area contributed by atoms with E-state index in [9.17, 15) is 0 Å². The van der Waals surface area contributed by atoms with Crippen molar-refractivity contribution in [1.82, 2.24) is 14.1 Å². The van der Waals surface area contributed by atoms with Gasteiger partial charge in [0.15, 0.2) is 5.58 Å². The molecule has 8 rings (SSSR count). The lowest BCUT2D eigenvalue weighted by Crippen LogP contribution is -1.95. The van der Waals surface area contributed by atoms with Crippen LogP contribution >= 0.6 is 0 Å². The summed E-state index contributed by atoms with van der Waals surface area (Å²) in [5, 5.41) is 4.77. The van der Waals surface area contributed by atoms with Crippen molar-refractivity contribution in [2.24, 2.45) is 0 Å². The van der Waals surface area contributed by atoms with Crippen LogP contribution in [0.1, 0.15) is 0 Å². The number of hydrogen-bond donors (Lipinski definition) is 0. The largest absolute Gasteiger partial charge is 0.423 e. The monoisotopic (exact) mass is 449 g/mol. The Morgan fingerprint density at radius 2 is 1.20 bits per heavy atom. The summed E-state index contributed by atoms with van der Waals surface area (Å²) in [7, 11) is 0. The predicted molar refractivity (Wildman–Crippen MR) is 143 cm³/mol. The Balaban J connectivity index is 1.63. The fraction of sp³-hybridized carbons (Fsp3) is 0. The van der Waals surface area contributed by atoms with E-state index in [0.29, 0.717) is 6.01 Å². The zero-order chi connectivity index (χ0) is 22.9. The first-order valence-electron chi connectivity index (χ1n) is 11.8. The maximum Gasteiger partial charge on any atom is 0.307 e. The SMILES string of the molecule is c1ccc(-n2c3ccccc3c3c2ccc2c4ccccc4n(-c4nc5ccccc5o4)c23)cc1. The lowest BCUT2D eigenvalue weighted by molar-refractivity contribution is 0.574. The molecule has 0 bridgehead atoms. The van der Waals surface area contributed by atoms with E-state index in [0.717, 1.165) is 33.3 Å². The molecule has 0 atom stereocenters.